The van der Waals surface area contributed by atoms with E-state index < -0.39 is 5.95 Å². The molecule has 0 unspecified atom stereocenters. The van der Waals surface area contributed by atoms with Gasteiger partial charge < -0.3 is 0 Å². The van der Waals surface area contributed by atoms with E-state index in [9.17, 15) is 4.39 Å². The fraction of sp³-hybridized carbons (Fsp3) is 0.125. The molecule has 2 heterocycles. The van der Waals surface area contributed by atoms with Crippen molar-refractivity contribution in [3.8, 4) is 11.3 Å². The Kier molecular flexibility index (Phi) is 2.45. The predicted octanol–water partition coefficient (Wildman–Crippen LogP) is 1.73. The van der Waals surface area contributed by atoms with Crippen LogP contribution in [0.4, 0.5) is 4.39 Å². The average molecular weight is 210 g/mol. The van der Waals surface area contributed by atoms with Crippen LogP contribution in [-0.2, 0) is 0 Å². The van der Waals surface area contributed by atoms with Gasteiger partial charge in [0, 0.05) is 6.20 Å². The van der Waals surface area contributed by atoms with E-state index in [1.807, 2.05) is 6.26 Å². The zero-order valence-electron chi connectivity index (χ0n) is 7.36. The van der Waals surface area contributed by atoms with Gasteiger partial charge in [-0.25, -0.2) is 9.97 Å². The third-order valence-electron chi connectivity index (χ3n) is 1.68. The number of halogens is 1. The average Bonchev–Trinajstić information content (AvgIpc) is 2.65. The minimum Gasteiger partial charge on any atom is -0.252 e. The standard InChI is InChI=1S/C8H7FN4S/c1-14-8-10-3-2-6(12-8)5-4-11-13-7(5)9/h2-4H,1H3,(H,11,13). The number of H-pyrrole nitrogens is 1. The van der Waals surface area contributed by atoms with Crippen LogP contribution in [0.1, 0.15) is 0 Å². The smallest absolute Gasteiger partial charge is 0.218 e. The molecule has 4 nitrogen and oxygen atoms in total. The normalized spacial score (nSPS) is 10.4. The molecule has 0 spiro atoms. The number of nitrogens with zero attached hydrogens (tertiary/aromatic N) is 3. The molecule has 0 fully saturated rings. The maximum atomic E-state index is 13.1. The van der Waals surface area contributed by atoms with Crippen LogP contribution in [0.15, 0.2) is 23.6 Å². The number of thioether (sulfide) groups is 1. The summed E-state index contributed by atoms with van der Waals surface area (Å²) in [5.74, 6) is -0.476. The van der Waals surface area contributed by atoms with Gasteiger partial charge in [0.15, 0.2) is 5.16 Å². The second-order valence-corrected chi connectivity index (χ2v) is 3.30. The van der Waals surface area contributed by atoms with Gasteiger partial charge in [-0.3, -0.25) is 5.10 Å². The van der Waals surface area contributed by atoms with Crippen LogP contribution in [0, 0.1) is 5.95 Å². The van der Waals surface area contributed by atoms with E-state index in [4.69, 9.17) is 0 Å². The molecular weight excluding hydrogens is 203 g/mol. The van der Waals surface area contributed by atoms with E-state index in [0.29, 0.717) is 16.4 Å². The number of nitrogens with one attached hydrogen (secondary N) is 1. The lowest BCUT2D eigenvalue weighted by atomic mass is 10.2. The van der Waals surface area contributed by atoms with Crippen molar-refractivity contribution in [2.24, 2.45) is 0 Å². The molecule has 0 aliphatic heterocycles. The summed E-state index contributed by atoms with van der Waals surface area (Å²) >= 11 is 1.41. The van der Waals surface area contributed by atoms with Gasteiger partial charge in [0.25, 0.3) is 0 Å². The lowest BCUT2D eigenvalue weighted by molar-refractivity contribution is 0.581. The Hall–Kier alpha value is -1.43. The highest BCUT2D eigenvalue weighted by atomic mass is 32.2. The summed E-state index contributed by atoms with van der Waals surface area (Å²) in [6.07, 6.45) is 4.87. The second kappa shape index (κ2) is 3.75. The number of aromatic amines is 1. The van der Waals surface area contributed by atoms with Crippen LogP contribution < -0.4 is 0 Å². The first-order chi connectivity index (χ1) is 6.81. The van der Waals surface area contributed by atoms with E-state index in [1.165, 1.54) is 18.0 Å². The van der Waals surface area contributed by atoms with E-state index >= 15 is 0 Å². The Balaban J connectivity index is 2.47. The summed E-state index contributed by atoms with van der Waals surface area (Å²) in [6.45, 7) is 0. The quantitative estimate of drug-likeness (QED) is 0.605. The SMILES string of the molecule is CSc1nccc(-c2cn[nH]c2F)n1. The topological polar surface area (TPSA) is 54.5 Å². The molecule has 1 N–H and O–H groups in total. The molecule has 0 radical (unpaired) electrons. The highest BCUT2D eigenvalue weighted by molar-refractivity contribution is 7.98. The molecule has 0 aliphatic carbocycles. The zero-order chi connectivity index (χ0) is 9.97. The van der Waals surface area contributed by atoms with Gasteiger partial charge in [0.05, 0.1) is 17.5 Å². The molecule has 72 valence electrons. The van der Waals surface area contributed by atoms with Crippen molar-refractivity contribution in [2.75, 3.05) is 6.26 Å². The third kappa shape index (κ3) is 1.60. The molecule has 0 aromatic carbocycles. The van der Waals surface area contributed by atoms with Crippen LogP contribution in [-0.4, -0.2) is 26.4 Å². The highest BCUT2D eigenvalue weighted by Crippen LogP contribution is 2.19. The molecular formula is C8H7FN4S. The van der Waals surface area contributed by atoms with Crippen molar-refractivity contribution in [2.45, 2.75) is 5.16 Å². The molecule has 0 aliphatic rings. The molecule has 0 saturated carbocycles. The van der Waals surface area contributed by atoms with Crippen molar-refractivity contribution < 1.29 is 4.39 Å². The van der Waals surface area contributed by atoms with Gasteiger partial charge in [-0.05, 0) is 12.3 Å². The van der Waals surface area contributed by atoms with E-state index in [-0.39, 0.29) is 0 Å². The van der Waals surface area contributed by atoms with Gasteiger partial charge >= 0.3 is 0 Å². The van der Waals surface area contributed by atoms with Crippen LogP contribution in [0.2, 0.25) is 0 Å². The van der Waals surface area contributed by atoms with Crippen LogP contribution in [0.25, 0.3) is 11.3 Å². The number of hydrogen-bond donors (Lipinski definition) is 1. The second-order valence-electron chi connectivity index (χ2n) is 2.53. The third-order valence-corrected chi connectivity index (χ3v) is 2.25. The fourth-order valence-corrected chi connectivity index (χ4v) is 1.39. The Bertz CT molecular complexity index is 442. The van der Waals surface area contributed by atoms with E-state index in [2.05, 4.69) is 20.2 Å². The lowest BCUT2D eigenvalue weighted by Gasteiger charge is -1.98. The lowest BCUT2D eigenvalue weighted by Crippen LogP contribution is -1.89. The van der Waals surface area contributed by atoms with Crippen molar-refractivity contribution >= 4 is 11.8 Å². The van der Waals surface area contributed by atoms with Crippen molar-refractivity contribution in [3.63, 3.8) is 0 Å². The monoisotopic (exact) mass is 210 g/mol. The number of rotatable bonds is 2. The Morgan fingerprint density at radius 3 is 3.00 bits per heavy atom. The molecule has 6 heteroatoms. The first-order valence-electron chi connectivity index (χ1n) is 3.87. The Morgan fingerprint density at radius 2 is 2.36 bits per heavy atom. The molecule has 2 rings (SSSR count). The van der Waals surface area contributed by atoms with Gasteiger partial charge in [-0.15, -0.1) is 0 Å². The van der Waals surface area contributed by atoms with Gasteiger partial charge in [0.2, 0.25) is 5.95 Å². The van der Waals surface area contributed by atoms with Crippen LogP contribution in [0.3, 0.4) is 0 Å². The van der Waals surface area contributed by atoms with Crippen molar-refractivity contribution in [1.29, 1.82) is 0 Å². The van der Waals surface area contributed by atoms with E-state index in [0.717, 1.165) is 0 Å². The first-order valence-corrected chi connectivity index (χ1v) is 5.10. The van der Waals surface area contributed by atoms with Crippen LogP contribution in [0.5, 0.6) is 0 Å². The summed E-state index contributed by atoms with van der Waals surface area (Å²) < 4.78 is 13.1. The number of hydrogen-bond acceptors (Lipinski definition) is 4. The summed E-state index contributed by atoms with van der Waals surface area (Å²) in [6, 6.07) is 1.65. The summed E-state index contributed by atoms with van der Waals surface area (Å²) in [5.41, 5.74) is 0.901. The van der Waals surface area contributed by atoms with Gasteiger partial charge in [0.1, 0.15) is 0 Å². The minimum atomic E-state index is -0.476. The minimum absolute atomic E-state index is 0.364. The largest absolute Gasteiger partial charge is 0.252 e. The molecule has 0 atom stereocenters. The fourth-order valence-electron chi connectivity index (χ4n) is 1.04. The Labute approximate surface area is 84.0 Å². The molecule has 2 aromatic rings. The Morgan fingerprint density at radius 1 is 1.50 bits per heavy atom. The molecule has 0 bridgehead atoms. The molecule has 0 amide bonds. The molecule has 14 heavy (non-hydrogen) atoms. The molecule has 2 aromatic heterocycles. The summed E-state index contributed by atoms with van der Waals surface area (Å²) in [7, 11) is 0. The van der Waals surface area contributed by atoms with Crippen molar-refractivity contribution in [3.05, 3.63) is 24.4 Å². The van der Waals surface area contributed by atoms with Gasteiger partial charge in [-0.2, -0.15) is 9.49 Å². The zero-order valence-corrected chi connectivity index (χ0v) is 8.18. The van der Waals surface area contributed by atoms with Gasteiger partial charge in [-0.1, -0.05) is 11.8 Å². The maximum Gasteiger partial charge on any atom is 0.218 e. The maximum absolute atomic E-state index is 13.1. The van der Waals surface area contributed by atoms with Crippen molar-refractivity contribution in [1.82, 2.24) is 20.2 Å². The predicted molar refractivity (Wildman–Crippen MR) is 51.4 cm³/mol. The van der Waals surface area contributed by atoms with E-state index in [1.54, 1.807) is 12.3 Å². The van der Waals surface area contributed by atoms with Crippen LogP contribution >= 0.6 is 11.8 Å². The molecule has 0 saturated heterocycles. The first kappa shape index (κ1) is 9.14. The highest BCUT2D eigenvalue weighted by Gasteiger charge is 2.08. The summed E-state index contributed by atoms with van der Waals surface area (Å²) in [4.78, 5) is 8.14. The number of aromatic nitrogens is 4. The summed E-state index contributed by atoms with van der Waals surface area (Å²) in [5, 5.41) is 6.42.